The Morgan fingerprint density at radius 1 is 1.20 bits per heavy atom. The Morgan fingerprint density at radius 2 is 1.90 bits per heavy atom. The first kappa shape index (κ1) is 17.1. The quantitative estimate of drug-likeness (QED) is 0.667. The Kier molecular flexibility index (Phi) is 8.46. The van der Waals surface area contributed by atoms with Crippen molar-refractivity contribution in [2.45, 2.75) is 26.5 Å². The molecule has 1 rings (SSSR count). The second kappa shape index (κ2) is 9.88. The van der Waals surface area contributed by atoms with Crippen LogP contribution in [-0.2, 0) is 16.1 Å². The molecule has 2 N–H and O–H groups in total. The number of benzene rings is 1. The van der Waals surface area contributed by atoms with Crippen molar-refractivity contribution in [2.75, 3.05) is 40.0 Å². The monoisotopic (exact) mass is 280 g/mol. The molecule has 0 heterocycles. The number of rotatable bonds is 10. The van der Waals surface area contributed by atoms with Gasteiger partial charge in [-0.2, -0.15) is 0 Å². The van der Waals surface area contributed by atoms with Crippen LogP contribution in [0, 0.1) is 0 Å². The minimum atomic E-state index is 0.247. The maximum absolute atomic E-state index is 5.98. The molecule has 1 unspecified atom stereocenters. The van der Waals surface area contributed by atoms with E-state index in [1.165, 1.54) is 11.1 Å². The molecule has 0 aliphatic heterocycles. The Balaban J connectivity index is 2.71. The van der Waals surface area contributed by atoms with Gasteiger partial charge < -0.3 is 15.2 Å². The lowest BCUT2D eigenvalue weighted by Gasteiger charge is -2.30. The molecular weight excluding hydrogens is 252 g/mol. The van der Waals surface area contributed by atoms with Crippen LogP contribution in [0.3, 0.4) is 0 Å². The van der Waals surface area contributed by atoms with Crippen molar-refractivity contribution in [3.8, 4) is 0 Å². The van der Waals surface area contributed by atoms with Crippen LogP contribution < -0.4 is 5.73 Å². The molecule has 0 bridgehead atoms. The summed E-state index contributed by atoms with van der Waals surface area (Å²) in [5.74, 6) is 0. The van der Waals surface area contributed by atoms with Crippen LogP contribution >= 0.6 is 0 Å². The highest BCUT2D eigenvalue weighted by Crippen LogP contribution is 2.20. The molecule has 1 aromatic rings. The fraction of sp³-hybridized carbons (Fsp3) is 0.625. The van der Waals surface area contributed by atoms with Crippen LogP contribution in [0.15, 0.2) is 24.3 Å². The van der Waals surface area contributed by atoms with E-state index >= 15 is 0 Å². The van der Waals surface area contributed by atoms with Gasteiger partial charge in [-0.3, -0.25) is 4.90 Å². The molecular formula is C16H28N2O2. The van der Waals surface area contributed by atoms with Gasteiger partial charge in [0.15, 0.2) is 0 Å². The Hall–Kier alpha value is -0.940. The van der Waals surface area contributed by atoms with Gasteiger partial charge >= 0.3 is 0 Å². The average molecular weight is 280 g/mol. The lowest BCUT2D eigenvalue weighted by atomic mass is 10.0. The molecule has 1 atom stereocenters. The minimum Gasteiger partial charge on any atom is -0.380 e. The van der Waals surface area contributed by atoms with Gasteiger partial charge in [0, 0.05) is 32.8 Å². The molecule has 20 heavy (non-hydrogen) atoms. The van der Waals surface area contributed by atoms with Crippen molar-refractivity contribution in [3.63, 3.8) is 0 Å². The molecule has 4 nitrogen and oxygen atoms in total. The maximum atomic E-state index is 5.98. The van der Waals surface area contributed by atoms with Gasteiger partial charge in [-0.15, -0.1) is 0 Å². The van der Waals surface area contributed by atoms with E-state index in [2.05, 4.69) is 36.1 Å². The van der Waals surface area contributed by atoms with E-state index in [1.54, 1.807) is 7.11 Å². The molecule has 1 aromatic carbocycles. The highest BCUT2D eigenvalue weighted by atomic mass is 16.5. The van der Waals surface area contributed by atoms with E-state index in [0.717, 1.165) is 26.3 Å². The van der Waals surface area contributed by atoms with Gasteiger partial charge in [0.1, 0.15) is 0 Å². The van der Waals surface area contributed by atoms with Crippen LogP contribution in [-0.4, -0.2) is 44.9 Å². The van der Waals surface area contributed by atoms with Crippen molar-refractivity contribution in [1.29, 1.82) is 0 Å². The number of ether oxygens (including phenoxy) is 2. The zero-order valence-corrected chi connectivity index (χ0v) is 13.0. The third kappa shape index (κ3) is 5.21. The van der Waals surface area contributed by atoms with Crippen molar-refractivity contribution >= 4 is 0 Å². The minimum absolute atomic E-state index is 0.247. The van der Waals surface area contributed by atoms with Crippen molar-refractivity contribution < 1.29 is 9.47 Å². The van der Waals surface area contributed by atoms with E-state index in [-0.39, 0.29) is 6.04 Å². The largest absolute Gasteiger partial charge is 0.380 e. The molecule has 0 amide bonds. The standard InChI is InChI=1S/C16H28N2O2/c1-4-18(10-11-20-5-2)16(12-17)15-8-6-14(7-9-15)13-19-3/h6-9,16H,4-5,10-13,17H2,1-3H3. The third-order valence-electron chi connectivity index (χ3n) is 3.47. The molecule has 0 aromatic heterocycles. The summed E-state index contributed by atoms with van der Waals surface area (Å²) >= 11 is 0. The number of nitrogens with two attached hydrogens (primary N) is 1. The van der Waals surface area contributed by atoms with Gasteiger partial charge in [-0.1, -0.05) is 31.2 Å². The van der Waals surface area contributed by atoms with E-state index in [1.807, 2.05) is 6.92 Å². The van der Waals surface area contributed by atoms with E-state index in [4.69, 9.17) is 15.2 Å². The second-order valence-electron chi connectivity index (χ2n) is 4.75. The first-order valence-electron chi connectivity index (χ1n) is 7.36. The van der Waals surface area contributed by atoms with Crippen LogP contribution in [0.2, 0.25) is 0 Å². The van der Waals surface area contributed by atoms with Crippen molar-refractivity contribution in [2.24, 2.45) is 5.73 Å². The number of hydrogen-bond donors (Lipinski definition) is 1. The van der Waals surface area contributed by atoms with E-state index < -0.39 is 0 Å². The van der Waals surface area contributed by atoms with Crippen molar-refractivity contribution in [1.82, 2.24) is 4.90 Å². The zero-order chi connectivity index (χ0) is 14.8. The van der Waals surface area contributed by atoms with E-state index in [0.29, 0.717) is 13.2 Å². The van der Waals surface area contributed by atoms with Crippen LogP contribution in [0.1, 0.15) is 31.0 Å². The fourth-order valence-electron chi connectivity index (χ4n) is 2.36. The summed E-state index contributed by atoms with van der Waals surface area (Å²) < 4.78 is 10.6. The highest BCUT2D eigenvalue weighted by Gasteiger charge is 2.17. The lowest BCUT2D eigenvalue weighted by Crippen LogP contribution is -2.36. The fourth-order valence-corrected chi connectivity index (χ4v) is 2.36. The smallest absolute Gasteiger partial charge is 0.0713 e. The first-order valence-corrected chi connectivity index (χ1v) is 7.36. The average Bonchev–Trinajstić information content (AvgIpc) is 2.48. The van der Waals surface area contributed by atoms with Crippen molar-refractivity contribution in [3.05, 3.63) is 35.4 Å². The number of likely N-dealkylation sites (N-methyl/N-ethyl adjacent to an activating group) is 1. The summed E-state index contributed by atoms with van der Waals surface area (Å²) in [5.41, 5.74) is 8.41. The van der Waals surface area contributed by atoms with Crippen LogP contribution in [0.4, 0.5) is 0 Å². The Bertz CT molecular complexity index is 354. The lowest BCUT2D eigenvalue weighted by molar-refractivity contribution is 0.0980. The van der Waals surface area contributed by atoms with E-state index in [9.17, 15) is 0 Å². The SMILES string of the molecule is CCOCCN(CC)C(CN)c1ccc(COC)cc1. The highest BCUT2D eigenvalue weighted by molar-refractivity contribution is 5.25. The summed E-state index contributed by atoms with van der Waals surface area (Å²) in [6, 6.07) is 8.76. The maximum Gasteiger partial charge on any atom is 0.0713 e. The summed E-state index contributed by atoms with van der Waals surface area (Å²) in [7, 11) is 1.71. The summed E-state index contributed by atoms with van der Waals surface area (Å²) in [6.45, 7) is 8.83. The zero-order valence-electron chi connectivity index (χ0n) is 13.0. The summed E-state index contributed by atoms with van der Waals surface area (Å²) in [6.07, 6.45) is 0. The predicted molar refractivity (Wildman–Crippen MR) is 82.7 cm³/mol. The third-order valence-corrected chi connectivity index (χ3v) is 3.47. The van der Waals surface area contributed by atoms with Gasteiger partial charge in [-0.05, 0) is 24.6 Å². The molecule has 0 aliphatic carbocycles. The molecule has 0 radical (unpaired) electrons. The Labute approximate surface area is 122 Å². The van der Waals surface area contributed by atoms with Gasteiger partial charge in [0.2, 0.25) is 0 Å². The van der Waals surface area contributed by atoms with Gasteiger partial charge in [0.25, 0.3) is 0 Å². The first-order chi connectivity index (χ1) is 9.76. The molecule has 0 fully saturated rings. The predicted octanol–water partition coefficient (Wildman–Crippen LogP) is 2.19. The van der Waals surface area contributed by atoms with Gasteiger partial charge in [0.05, 0.1) is 13.2 Å². The summed E-state index contributed by atoms with van der Waals surface area (Å²) in [4.78, 5) is 2.36. The van der Waals surface area contributed by atoms with Gasteiger partial charge in [-0.25, -0.2) is 0 Å². The number of methoxy groups -OCH3 is 1. The molecule has 114 valence electrons. The second-order valence-corrected chi connectivity index (χ2v) is 4.75. The number of hydrogen-bond acceptors (Lipinski definition) is 4. The molecule has 0 saturated carbocycles. The van der Waals surface area contributed by atoms with Crippen LogP contribution in [0.25, 0.3) is 0 Å². The molecule has 4 heteroatoms. The molecule has 0 saturated heterocycles. The topological polar surface area (TPSA) is 47.7 Å². The molecule has 0 aliphatic rings. The van der Waals surface area contributed by atoms with Crippen LogP contribution in [0.5, 0.6) is 0 Å². The number of nitrogens with zero attached hydrogens (tertiary/aromatic N) is 1. The normalized spacial score (nSPS) is 12.8. The Morgan fingerprint density at radius 3 is 2.40 bits per heavy atom. The summed E-state index contributed by atoms with van der Waals surface area (Å²) in [5, 5.41) is 0. The molecule has 0 spiro atoms.